The minimum atomic E-state index is -0.300. The molecule has 1 aliphatic heterocycles. The van der Waals surface area contributed by atoms with Crippen molar-refractivity contribution in [3.05, 3.63) is 84.4 Å². The monoisotopic (exact) mass is 406 g/mol. The highest BCUT2D eigenvalue weighted by atomic mass is 32.1. The number of nitrogens with zero attached hydrogens (tertiary/aromatic N) is 3. The van der Waals surface area contributed by atoms with Gasteiger partial charge in [0.25, 0.3) is 0 Å². The van der Waals surface area contributed by atoms with Crippen LogP contribution >= 0.6 is 12.2 Å². The molecular weight excluding hydrogens is 384 g/mol. The molecule has 6 nitrogen and oxygen atoms in total. The fourth-order valence-electron chi connectivity index (χ4n) is 3.63. The van der Waals surface area contributed by atoms with Crippen LogP contribution in [0.4, 0.5) is 0 Å². The summed E-state index contributed by atoms with van der Waals surface area (Å²) in [6.45, 7) is 2.22. The summed E-state index contributed by atoms with van der Waals surface area (Å²) in [6, 6.07) is 17.6. The standard InChI is InChI=1S/C22H22N4O2S/c1-2-28-19(27)15-26-21(20(24-22(26)29)18-10-6-7-12-23-18)16-11-13-25(14-16)17-8-4-3-5-9-17/h3-14,20-21H,2,15H2,1H3,(H,24,29). The van der Waals surface area contributed by atoms with Gasteiger partial charge in [-0.3, -0.25) is 9.78 Å². The summed E-state index contributed by atoms with van der Waals surface area (Å²) in [6.07, 6.45) is 5.86. The summed E-state index contributed by atoms with van der Waals surface area (Å²) >= 11 is 5.57. The Morgan fingerprint density at radius 3 is 2.69 bits per heavy atom. The highest BCUT2D eigenvalue weighted by Crippen LogP contribution is 2.38. The first-order chi connectivity index (χ1) is 14.2. The van der Waals surface area contributed by atoms with E-state index in [-0.39, 0.29) is 24.6 Å². The number of esters is 1. The maximum Gasteiger partial charge on any atom is 0.325 e. The molecule has 0 saturated carbocycles. The molecule has 0 radical (unpaired) electrons. The van der Waals surface area contributed by atoms with Crippen molar-refractivity contribution in [3.63, 3.8) is 0 Å². The normalized spacial score (nSPS) is 18.5. The van der Waals surface area contributed by atoms with E-state index in [4.69, 9.17) is 17.0 Å². The smallest absolute Gasteiger partial charge is 0.325 e. The Balaban J connectivity index is 1.70. The zero-order valence-corrected chi connectivity index (χ0v) is 16.9. The maximum absolute atomic E-state index is 12.2. The Labute approximate surface area is 175 Å². The molecule has 0 spiro atoms. The molecule has 2 unspecified atom stereocenters. The molecule has 1 saturated heterocycles. The summed E-state index contributed by atoms with van der Waals surface area (Å²) in [5.74, 6) is -0.300. The minimum Gasteiger partial charge on any atom is -0.465 e. The first-order valence-electron chi connectivity index (χ1n) is 9.54. The second kappa shape index (κ2) is 8.45. The zero-order chi connectivity index (χ0) is 20.2. The number of aromatic nitrogens is 2. The van der Waals surface area contributed by atoms with E-state index in [2.05, 4.69) is 27.1 Å². The molecule has 148 valence electrons. The number of thiocarbonyl (C=S) groups is 1. The molecule has 4 rings (SSSR count). The van der Waals surface area contributed by atoms with Crippen molar-refractivity contribution in [2.45, 2.75) is 19.0 Å². The van der Waals surface area contributed by atoms with Crippen molar-refractivity contribution in [2.75, 3.05) is 13.2 Å². The Morgan fingerprint density at radius 2 is 1.97 bits per heavy atom. The number of carbonyl (C=O) groups excluding carboxylic acids is 1. The number of pyridine rings is 1. The van der Waals surface area contributed by atoms with Gasteiger partial charge < -0.3 is 19.5 Å². The Hall–Kier alpha value is -3.19. The van der Waals surface area contributed by atoms with Crippen LogP contribution in [0.1, 0.15) is 30.3 Å². The van der Waals surface area contributed by atoms with Crippen LogP contribution in [0.2, 0.25) is 0 Å². The van der Waals surface area contributed by atoms with Crippen molar-refractivity contribution in [1.29, 1.82) is 0 Å². The number of para-hydroxylation sites is 1. The van der Waals surface area contributed by atoms with Gasteiger partial charge in [0.1, 0.15) is 6.54 Å². The average Bonchev–Trinajstić information content (AvgIpc) is 3.35. The lowest BCUT2D eigenvalue weighted by molar-refractivity contribution is -0.143. The third-order valence-electron chi connectivity index (χ3n) is 4.91. The molecule has 1 N–H and O–H groups in total. The minimum absolute atomic E-state index is 0.0875. The van der Waals surface area contributed by atoms with E-state index < -0.39 is 0 Å². The molecule has 1 aromatic carbocycles. The number of ether oxygens (including phenoxy) is 1. The zero-order valence-electron chi connectivity index (χ0n) is 16.1. The molecule has 29 heavy (non-hydrogen) atoms. The molecular formula is C22H22N4O2S. The third-order valence-corrected chi connectivity index (χ3v) is 5.27. The maximum atomic E-state index is 12.2. The van der Waals surface area contributed by atoms with Crippen LogP contribution in [0.5, 0.6) is 0 Å². The predicted octanol–water partition coefficient (Wildman–Crippen LogP) is 3.41. The van der Waals surface area contributed by atoms with Gasteiger partial charge in [-0.1, -0.05) is 24.3 Å². The Morgan fingerprint density at radius 1 is 1.17 bits per heavy atom. The molecule has 1 fully saturated rings. The number of hydrogen-bond donors (Lipinski definition) is 1. The van der Waals surface area contributed by atoms with Crippen LogP contribution in [-0.4, -0.2) is 38.7 Å². The van der Waals surface area contributed by atoms with Crippen molar-refractivity contribution >= 4 is 23.3 Å². The van der Waals surface area contributed by atoms with Crippen molar-refractivity contribution < 1.29 is 9.53 Å². The first-order valence-corrected chi connectivity index (χ1v) is 9.95. The van der Waals surface area contributed by atoms with Crippen LogP contribution in [0.15, 0.2) is 73.2 Å². The summed E-state index contributed by atoms with van der Waals surface area (Å²) in [5, 5.41) is 3.86. The predicted molar refractivity (Wildman–Crippen MR) is 115 cm³/mol. The van der Waals surface area contributed by atoms with Gasteiger partial charge in [-0.25, -0.2) is 0 Å². The SMILES string of the molecule is CCOC(=O)CN1C(=S)NC(c2ccccn2)C1c1ccn(-c2ccccc2)c1. The number of rotatable bonds is 6. The van der Waals surface area contributed by atoms with Gasteiger partial charge >= 0.3 is 5.97 Å². The van der Waals surface area contributed by atoms with Crippen LogP contribution in [0.25, 0.3) is 5.69 Å². The molecule has 3 heterocycles. The molecule has 0 bridgehead atoms. The average molecular weight is 407 g/mol. The second-order valence-electron chi connectivity index (χ2n) is 6.75. The van der Waals surface area contributed by atoms with Gasteiger partial charge in [-0.05, 0) is 55.0 Å². The van der Waals surface area contributed by atoms with Crippen molar-refractivity contribution in [2.24, 2.45) is 0 Å². The van der Waals surface area contributed by atoms with Gasteiger partial charge in [-0.15, -0.1) is 0 Å². The summed E-state index contributed by atoms with van der Waals surface area (Å²) < 4.78 is 7.23. The number of carbonyl (C=O) groups is 1. The van der Waals surface area contributed by atoms with Gasteiger partial charge in [0.15, 0.2) is 5.11 Å². The molecule has 1 aliphatic rings. The van der Waals surface area contributed by atoms with E-state index in [0.717, 1.165) is 16.9 Å². The van der Waals surface area contributed by atoms with Gasteiger partial charge in [0.05, 0.1) is 24.4 Å². The Kier molecular flexibility index (Phi) is 5.57. The molecule has 2 aromatic heterocycles. The lowest BCUT2D eigenvalue weighted by atomic mass is 9.99. The Bertz CT molecular complexity index is 990. The van der Waals surface area contributed by atoms with Crippen LogP contribution in [-0.2, 0) is 9.53 Å². The summed E-state index contributed by atoms with van der Waals surface area (Å²) in [7, 11) is 0. The van der Waals surface area contributed by atoms with E-state index in [1.807, 2.05) is 59.6 Å². The lowest BCUT2D eigenvalue weighted by Gasteiger charge is -2.26. The van der Waals surface area contributed by atoms with Gasteiger partial charge in [0.2, 0.25) is 0 Å². The van der Waals surface area contributed by atoms with Crippen molar-refractivity contribution in [1.82, 2.24) is 19.8 Å². The molecule has 0 amide bonds. The number of nitrogens with one attached hydrogen (secondary N) is 1. The topological polar surface area (TPSA) is 59.4 Å². The fraction of sp³-hybridized carbons (Fsp3) is 0.227. The highest BCUT2D eigenvalue weighted by molar-refractivity contribution is 7.80. The summed E-state index contributed by atoms with van der Waals surface area (Å²) in [5.41, 5.74) is 2.98. The molecule has 7 heteroatoms. The first kappa shape index (κ1) is 19.1. The third kappa shape index (κ3) is 4.00. The van der Waals surface area contributed by atoms with Crippen LogP contribution < -0.4 is 5.32 Å². The van der Waals surface area contributed by atoms with E-state index in [1.54, 1.807) is 13.1 Å². The number of benzene rings is 1. The van der Waals surface area contributed by atoms with Crippen LogP contribution in [0, 0.1) is 0 Å². The fourth-order valence-corrected chi connectivity index (χ4v) is 3.94. The second-order valence-corrected chi connectivity index (χ2v) is 7.13. The van der Waals surface area contributed by atoms with Crippen LogP contribution in [0.3, 0.4) is 0 Å². The van der Waals surface area contributed by atoms with Crippen molar-refractivity contribution in [3.8, 4) is 5.69 Å². The highest BCUT2D eigenvalue weighted by Gasteiger charge is 2.41. The molecule has 3 aromatic rings. The summed E-state index contributed by atoms with van der Waals surface area (Å²) in [4.78, 5) is 18.6. The van der Waals surface area contributed by atoms with Gasteiger partial charge in [-0.2, -0.15) is 0 Å². The van der Waals surface area contributed by atoms with E-state index >= 15 is 0 Å². The quantitative estimate of drug-likeness (QED) is 0.500. The van der Waals surface area contributed by atoms with Gasteiger partial charge in [0, 0.05) is 24.3 Å². The van der Waals surface area contributed by atoms with E-state index in [1.165, 1.54) is 0 Å². The van der Waals surface area contributed by atoms with E-state index in [9.17, 15) is 4.79 Å². The molecule has 2 atom stereocenters. The largest absolute Gasteiger partial charge is 0.465 e. The molecule has 0 aliphatic carbocycles. The lowest BCUT2D eigenvalue weighted by Crippen LogP contribution is -2.35. The van der Waals surface area contributed by atoms with E-state index in [0.29, 0.717) is 11.7 Å². The number of hydrogen-bond acceptors (Lipinski definition) is 4.